The molecule has 1 heterocycles. The van der Waals surface area contributed by atoms with Gasteiger partial charge in [0, 0.05) is 24.4 Å². The van der Waals surface area contributed by atoms with E-state index >= 15 is 0 Å². The Hall–Kier alpha value is -1.92. The molecule has 0 bridgehead atoms. The van der Waals surface area contributed by atoms with Crippen molar-refractivity contribution in [2.24, 2.45) is 17.8 Å². The van der Waals surface area contributed by atoms with Crippen molar-refractivity contribution in [1.82, 2.24) is 0 Å². The lowest BCUT2D eigenvalue weighted by molar-refractivity contribution is 0.0333. The van der Waals surface area contributed by atoms with Crippen LogP contribution in [0.3, 0.4) is 0 Å². The highest BCUT2D eigenvalue weighted by molar-refractivity contribution is 5.83. The molecule has 0 aliphatic heterocycles. The Morgan fingerprint density at radius 2 is 2.16 bits per heavy atom. The van der Waals surface area contributed by atoms with Crippen LogP contribution in [-0.4, -0.2) is 35.8 Å². The Morgan fingerprint density at radius 1 is 1.36 bits per heavy atom. The van der Waals surface area contributed by atoms with Gasteiger partial charge in [-0.3, -0.25) is 4.79 Å². The topological polar surface area (TPSA) is 99.8 Å². The van der Waals surface area contributed by atoms with Gasteiger partial charge in [-0.05, 0) is 24.7 Å². The summed E-state index contributed by atoms with van der Waals surface area (Å²) in [5.74, 6) is 0.965. The minimum absolute atomic E-state index is 0.0203. The summed E-state index contributed by atoms with van der Waals surface area (Å²) >= 11 is 0. The first-order chi connectivity index (χ1) is 12.1. The van der Waals surface area contributed by atoms with Crippen molar-refractivity contribution in [3.05, 3.63) is 40.0 Å². The van der Waals surface area contributed by atoms with Crippen LogP contribution in [-0.2, 0) is 0 Å². The quantitative estimate of drug-likeness (QED) is 0.556. The van der Waals surface area contributed by atoms with Crippen molar-refractivity contribution < 1.29 is 19.4 Å². The summed E-state index contributed by atoms with van der Waals surface area (Å²) < 4.78 is 5.51. The molecule has 2 aliphatic rings. The predicted octanol–water partition coefficient (Wildman–Crippen LogP) is 1.92. The van der Waals surface area contributed by atoms with Gasteiger partial charge in [-0.15, -0.1) is 0 Å². The highest BCUT2D eigenvalue weighted by Crippen LogP contribution is 2.48. The molecule has 2 aliphatic carbocycles. The summed E-state index contributed by atoms with van der Waals surface area (Å²) in [6, 6.07) is 1.71. The molecule has 0 radical (unpaired) electrons. The number of carbonyl (C=O) groups excluding carboxylic acids is 1. The molecule has 0 saturated heterocycles. The average molecular weight is 347 g/mol. The van der Waals surface area contributed by atoms with E-state index in [-0.39, 0.29) is 48.5 Å². The number of nitrogens with one attached hydrogen (secondary N) is 1. The third kappa shape index (κ3) is 3.41. The van der Waals surface area contributed by atoms with Crippen LogP contribution in [0.5, 0.6) is 0 Å². The first-order valence-corrected chi connectivity index (χ1v) is 8.91. The lowest BCUT2D eigenvalue weighted by Gasteiger charge is -2.43. The minimum Gasteiger partial charge on any atom is -0.427 e. The van der Waals surface area contributed by atoms with Crippen LogP contribution < -0.4 is 10.9 Å². The van der Waals surface area contributed by atoms with Crippen molar-refractivity contribution >= 4 is 12.0 Å². The van der Waals surface area contributed by atoms with Crippen LogP contribution in [0.4, 0.5) is 5.69 Å². The van der Waals surface area contributed by atoms with Gasteiger partial charge in [0.15, 0.2) is 6.29 Å². The van der Waals surface area contributed by atoms with Crippen LogP contribution in [0, 0.1) is 17.8 Å². The van der Waals surface area contributed by atoms with Crippen molar-refractivity contribution in [1.29, 1.82) is 0 Å². The predicted molar refractivity (Wildman–Crippen MR) is 93.8 cm³/mol. The van der Waals surface area contributed by atoms with E-state index in [2.05, 4.69) is 24.4 Å². The lowest BCUT2D eigenvalue weighted by Crippen LogP contribution is -2.39. The number of aliphatic hydroxyl groups excluding tert-OH is 2. The number of hydrogen-bond donors (Lipinski definition) is 3. The van der Waals surface area contributed by atoms with Crippen LogP contribution in [0.2, 0.25) is 0 Å². The standard InChI is InChI=1S/C19H25NO5/c1-11-5-6-12-13(3-2-4-16(12)23)18(11)17-9-15(20-7-8-21)14(10-22)19(24)25-17/h5-6,9-13,16,18,20-21,23H,2-4,7-8H2,1H3/t11-,12+,13?,16+,18+/m0/s1. The molecule has 5 atom stereocenters. The van der Waals surface area contributed by atoms with E-state index in [1.807, 2.05) is 0 Å². The number of fused-ring (bicyclic) bond motifs is 1. The molecule has 0 aromatic carbocycles. The number of aldehydes is 1. The molecule has 6 nitrogen and oxygen atoms in total. The Labute approximate surface area is 146 Å². The van der Waals surface area contributed by atoms with Crippen molar-refractivity contribution in [2.45, 2.75) is 38.2 Å². The maximum absolute atomic E-state index is 12.3. The Morgan fingerprint density at radius 3 is 2.88 bits per heavy atom. The highest BCUT2D eigenvalue weighted by atomic mass is 16.4. The summed E-state index contributed by atoms with van der Waals surface area (Å²) in [5.41, 5.74) is -0.330. The van der Waals surface area contributed by atoms with Gasteiger partial charge < -0.3 is 19.9 Å². The molecule has 0 spiro atoms. The van der Waals surface area contributed by atoms with Gasteiger partial charge in [-0.2, -0.15) is 0 Å². The molecule has 6 heteroatoms. The largest absolute Gasteiger partial charge is 0.427 e. The molecular formula is C19H25NO5. The normalized spacial score (nSPS) is 31.4. The number of allylic oxidation sites excluding steroid dienone is 1. The van der Waals surface area contributed by atoms with Crippen LogP contribution >= 0.6 is 0 Å². The number of anilines is 1. The van der Waals surface area contributed by atoms with Gasteiger partial charge in [0.25, 0.3) is 0 Å². The van der Waals surface area contributed by atoms with Crippen molar-refractivity contribution in [3.63, 3.8) is 0 Å². The zero-order valence-electron chi connectivity index (χ0n) is 14.4. The number of aliphatic hydroxyl groups is 2. The van der Waals surface area contributed by atoms with Gasteiger partial charge >= 0.3 is 5.63 Å². The summed E-state index contributed by atoms with van der Waals surface area (Å²) in [4.78, 5) is 23.5. The first-order valence-electron chi connectivity index (χ1n) is 8.91. The van der Waals surface area contributed by atoms with Gasteiger partial charge in [0.2, 0.25) is 0 Å². The first kappa shape index (κ1) is 17.9. The molecule has 25 heavy (non-hydrogen) atoms. The fourth-order valence-corrected chi connectivity index (χ4v) is 4.34. The summed E-state index contributed by atoms with van der Waals surface area (Å²) in [5, 5.41) is 22.3. The Bertz CT molecular complexity index is 710. The zero-order chi connectivity index (χ0) is 18.0. The minimum atomic E-state index is -0.664. The van der Waals surface area contributed by atoms with E-state index in [1.54, 1.807) is 6.07 Å². The third-order valence-electron chi connectivity index (χ3n) is 5.52. The van der Waals surface area contributed by atoms with Gasteiger partial charge in [-0.25, -0.2) is 4.79 Å². The summed E-state index contributed by atoms with van der Waals surface area (Å²) in [7, 11) is 0. The monoisotopic (exact) mass is 347 g/mol. The highest BCUT2D eigenvalue weighted by Gasteiger charge is 2.42. The van der Waals surface area contributed by atoms with Gasteiger partial charge in [-0.1, -0.05) is 25.5 Å². The molecule has 3 N–H and O–H groups in total. The van der Waals surface area contributed by atoms with Crippen LogP contribution in [0.15, 0.2) is 27.4 Å². The van der Waals surface area contributed by atoms with E-state index in [0.29, 0.717) is 17.7 Å². The van der Waals surface area contributed by atoms with E-state index in [0.717, 1.165) is 19.3 Å². The van der Waals surface area contributed by atoms with Gasteiger partial charge in [0.05, 0.1) is 18.4 Å². The molecule has 3 rings (SSSR count). The Balaban J connectivity index is 2.02. The second-order valence-electron chi connectivity index (χ2n) is 7.04. The van der Waals surface area contributed by atoms with Gasteiger partial charge in [0.1, 0.15) is 11.3 Å². The number of carbonyl (C=O) groups is 1. The SMILES string of the molecule is C[C@H]1C=C[C@@H]2C(CCC[C@H]2O)[C@@H]1c1cc(NCCO)c(C=O)c(=O)o1. The molecule has 0 amide bonds. The van der Waals surface area contributed by atoms with Crippen LogP contribution in [0.1, 0.15) is 48.2 Å². The summed E-state index contributed by atoms with van der Waals surface area (Å²) in [6.07, 6.45) is 7.01. The third-order valence-corrected chi connectivity index (χ3v) is 5.52. The maximum atomic E-state index is 12.3. The van der Waals surface area contributed by atoms with E-state index in [1.165, 1.54) is 0 Å². The van der Waals surface area contributed by atoms with E-state index in [4.69, 9.17) is 9.52 Å². The molecule has 1 aromatic rings. The molecular weight excluding hydrogens is 322 g/mol. The van der Waals surface area contributed by atoms with Crippen molar-refractivity contribution in [2.75, 3.05) is 18.5 Å². The zero-order valence-corrected chi connectivity index (χ0v) is 14.4. The molecule has 136 valence electrons. The second-order valence-corrected chi connectivity index (χ2v) is 7.04. The summed E-state index contributed by atoms with van der Waals surface area (Å²) in [6.45, 7) is 2.22. The molecule has 1 unspecified atom stereocenters. The molecule has 1 aromatic heterocycles. The van der Waals surface area contributed by atoms with E-state index in [9.17, 15) is 14.7 Å². The second kappa shape index (κ2) is 7.54. The fraction of sp³-hybridized carbons (Fsp3) is 0.579. The number of hydrogen-bond acceptors (Lipinski definition) is 6. The molecule has 1 fully saturated rings. The lowest BCUT2D eigenvalue weighted by atomic mass is 9.63. The molecule has 1 saturated carbocycles. The van der Waals surface area contributed by atoms with E-state index < -0.39 is 5.63 Å². The Kier molecular flexibility index (Phi) is 5.39. The van der Waals surface area contributed by atoms with Crippen LogP contribution in [0.25, 0.3) is 0 Å². The van der Waals surface area contributed by atoms with Crippen molar-refractivity contribution in [3.8, 4) is 0 Å². The average Bonchev–Trinajstić information content (AvgIpc) is 2.59. The number of rotatable bonds is 5. The maximum Gasteiger partial charge on any atom is 0.348 e. The smallest absolute Gasteiger partial charge is 0.348 e. The fourth-order valence-electron chi connectivity index (χ4n) is 4.34.